The van der Waals surface area contributed by atoms with Gasteiger partial charge < -0.3 is 10.2 Å². The van der Waals surface area contributed by atoms with E-state index in [0.29, 0.717) is 24.3 Å². The van der Waals surface area contributed by atoms with Crippen LogP contribution in [0.4, 0.5) is 29.5 Å². The lowest BCUT2D eigenvalue weighted by Gasteiger charge is -2.28. The third kappa shape index (κ3) is 5.00. The second-order valence-corrected chi connectivity index (χ2v) is 7.69. The smallest absolute Gasteiger partial charge is 0.340 e. The molecule has 0 unspecified atom stereocenters. The highest BCUT2D eigenvalue weighted by Crippen LogP contribution is 2.32. The second kappa shape index (κ2) is 8.72. The number of nitrogens with zero attached hydrogens (tertiary/aromatic N) is 4. The summed E-state index contributed by atoms with van der Waals surface area (Å²) in [4.78, 5) is 23.4. The van der Waals surface area contributed by atoms with Crippen molar-refractivity contribution in [2.24, 2.45) is 5.10 Å². The summed E-state index contributed by atoms with van der Waals surface area (Å²) in [7, 11) is 0. The van der Waals surface area contributed by atoms with Crippen molar-refractivity contribution < 1.29 is 18.0 Å². The maximum atomic E-state index is 13.0. The molecule has 0 atom stereocenters. The number of thiophene rings is 1. The maximum absolute atomic E-state index is 13.0. The predicted molar refractivity (Wildman–Crippen MR) is 111 cm³/mol. The molecule has 0 fully saturated rings. The van der Waals surface area contributed by atoms with E-state index in [2.05, 4.69) is 25.8 Å². The number of benzene rings is 1. The van der Waals surface area contributed by atoms with Gasteiger partial charge in [0.2, 0.25) is 0 Å². The van der Waals surface area contributed by atoms with Crippen LogP contribution in [0.3, 0.4) is 0 Å². The molecule has 160 valence electrons. The van der Waals surface area contributed by atoms with Crippen LogP contribution in [0.2, 0.25) is 0 Å². The first-order valence-electron chi connectivity index (χ1n) is 9.28. The van der Waals surface area contributed by atoms with E-state index in [-0.39, 0.29) is 18.3 Å². The average Bonchev–Trinajstić information content (AvgIpc) is 3.27. The van der Waals surface area contributed by atoms with Crippen LogP contribution in [-0.4, -0.2) is 33.7 Å². The summed E-state index contributed by atoms with van der Waals surface area (Å²) in [6, 6.07) is 8.24. The fraction of sp³-hybridized carbons (Fsp3) is 0.200. The molecule has 1 aliphatic rings. The number of hydrogen-bond donors (Lipinski definition) is 2. The number of hydrogen-bond acceptors (Lipinski definition) is 6. The van der Waals surface area contributed by atoms with Gasteiger partial charge in [0.15, 0.2) is 0 Å². The first kappa shape index (κ1) is 20.8. The molecule has 1 aromatic carbocycles. The van der Waals surface area contributed by atoms with Crippen molar-refractivity contribution in [1.29, 1.82) is 0 Å². The van der Waals surface area contributed by atoms with Crippen LogP contribution in [0.15, 0.2) is 53.2 Å². The van der Waals surface area contributed by atoms with Gasteiger partial charge in [0.25, 0.3) is 0 Å². The van der Waals surface area contributed by atoms with Gasteiger partial charge in [0.1, 0.15) is 12.1 Å². The molecule has 1 aliphatic heterocycles. The zero-order valence-electron chi connectivity index (χ0n) is 16.1. The van der Waals surface area contributed by atoms with Gasteiger partial charge in [0, 0.05) is 29.1 Å². The third-order valence-electron chi connectivity index (χ3n) is 4.64. The molecule has 2 aromatic heterocycles. The summed E-state index contributed by atoms with van der Waals surface area (Å²) >= 11 is 1.50. The Labute approximate surface area is 179 Å². The number of amides is 2. The second-order valence-electron chi connectivity index (χ2n) is 6.71. The normalized spacial score (nSPS) is 13.8. The van der Waals surface area contributed by atoms with E-state index < -0.39 is 11.7 Å². The minimum atomic E-state index is -4.44. The van der Waals surface area contributed by atoms with Crippen LogP contribution in [0, 0.1) is 0 Å². The highest BCUT2D eigenvalue weighted by Gasteiger charge is 2.30. The van der Waals surface area contributed by atoms with Crippen molar-refractivity contribution in [2.75, 3.05) is 11.9 Å². The number of carbonyl (C=O) groups excluding carboxylic acids is 1. The molecule has 3 heterocycles. The zero-order chi connectivity index (χ0) is 21.8. The van der Waals surface area contributed by atoms with E-state index in [4.69, 9.17) is 0 Å². The lowest BCUT2D eigenvalue weighted by molar-refractivity contribution is -0.137. The van der Waals surface area contributed by atoms with Crippen LogP contribution in [0.1, 0.15) is 21.7 Å². The number of alkyl halides is 3. The standard InChI is InChI=1S/C20H17F3N6OS/c21-20(22,23)13-3-1-4-14(9-13)27-18-16-11-29(7-6-17(16)24-12-25-18)19(30)28-26-10-15-5-2-8-31-15/h1-5,8-10,12H,6-7,11H2,(H,28,30)(H,24,25,27)/b26-10+. The van der Waals surface area contributed by atoms with E-state index in [1.54, 1.807) is 11.1 Å². The van der Waals surface area contributed by atoms with Gasteiger partial charge in [0.05, 0.1) is 24.0 Å². The first-order valence-corrected chi connectivity index (χ1v) is 10.2. The molecule has 0 radical (unpaired) electrons. The van der Waals surface area contributed by atoms with E-state index in [0.717, 1.165) is 22.7 Å². The molecular formula is C20H17F3N6OS. The number of halogens is 3. The largest absolute Gasteiger partial charge is 0.416 e. The highest BCUT2D eigenvalue weighted by molar-refractivity contribution is 7.11. The molecule has 0 spiro atoms. The average molecular weight is 446 g/mol. The minimum Gasteiger partial charge on any atom is -0.340 e. The summed E-state index contributed by atoms with van der Waals surface area (Å²) in [5, 5.41) is 8.79. The van der Waals surface area contributed by atoms with E-state index >= 15 is 0 Å². The van der Waals surface area contributed by atoms with Gasteiger partial charge >= 0.3 is 12.2 Å². The van der Waals surface area contributed by atoms with Crippen molar-refractivity contribution >= 4 is 35.1 Å². The van der Waals surface area contributed by atoms with Crippen molar-refractivity contribution in [1.82, 2.24) is 20.3 Å². The van der Waals surface area contributed by atoms with Gasteiger partial charge in [-0.15, -0.1) is 11.3 Å². The van der Waals surface area contributed by atoms with Gasteiger partial charge in [-0.2, -0.15) is 18.3 Å². The number of urea groups is 1. The molecule has 3 aromatic rings. The summed E-state index contributed by atoms with van der Waals surface area (Å²) < 4.78 is 39.0. The molecule has 0 saturated carbocycles. The Morgan fingerprint density at radius 2 is 2.10 bits per heavy atom. The van der Waals surface area contributed by atoms with Gasteiger partial charge in [-0.3, -0.25) is 0 Å². The van der Waals surface area contributed by atoms with E-state index in [1.165, 1.54) is 29.8 Å². The number of rotatable bonds is 4. The molecule has 7 nitrogen and oxygen atoms in total. The summed E-state index contributed by atoms with van der Waals surface area (Å²) in [6.45, 7) is 0.644. The lowest BCUT2D eigenvalue weighted by Crippen LogP contribution is -2.41. The third-order valence-corrected chi connectivity index (χ3v) is 5.44. The Kier molecular flexibility index (Phi) is 5.85. The van der Waals surface area contributed by atoms with Crippen molar-refractivity contribution in [2.45, 2.75) is 19.1 Å². The monoisotopic (exact) mass is 446 g/mol. The van der Waals surface area contributed by atoms with Crippen molar-refractivity contribution in [3.63, 3.8) is 0 Å². The highest BCUT2D eigenvalue weighted by atomic mass is 32.1. The summed E-state index contributed by atoms with van der Waals surface area (Å²) in [5.41, 5.74) is 3.38. The van der Waals surface area contributed by atoms with E-state index in [9.17, 15) is 18.0 Å². The number of hydrazone groups is 1. The minimum absolute atomic E-state index is 0.206. The fourth-order valence-electron chi connectivity index (χ4n) is 3.12. The summed E-state index contributed by atoms with van der Waals surface area (Å²) in [6.07, 6.45) is -1.03. The van der Waals surface area contributed by atoms with Crippen LogP contribution < -0.4 is 10.7 Å². The molecule has 0 aliphatic carbocycles. The van der Waals surface area contributed by atoms with Crippen LogP contribution >= 0.6 is 11.3 Å². The van der Waals surface area contributed by atoms with Gasteiger partial charge in [-0.1, -0.05) is 12.1 Å². The molecular weight excluding hydrogens is 429 g/mol. The van der Waals surface area contributed by atoms with E-state index in [1.807, 2.05) is 17.5 Å². The van der Waals surface area contributed by atoms with Gasteiger partial charge in [-0.25, -0.2) is 20.2 Å². The SMILES string of the molecule is O=C(N/N=C/c1cccs1)N1CCc2ncnc(Nc3cccc(C(F)(F)F)c3)c2C1. The number of anilines is 2. The quantitative estimate of drug-likeness (QED) is 0.460. The van der Waals surface area contributed by atoms with Gasteiger partial charge in [-0.05, 0) is 29.6 Å². The Morgan fingerprint density at radius 3 is 2.87 bits per heavy atom. The topological polar surface area (TPSA) is 82.5 Å². The van der Waals surface area contributed by atoms with Crippen LogP contribution in [0.25, 0.3) is 0 Å². The van der Waals surface area contributed by atoms with Crippen LogP contribution in [0.5, 0.6) is 0 Å². The molecule has 0 bridgehead atoms. The number of aromatic nitrogens is 2. The lowest BCUT2D eigenvalue weighted by atomic mass is 10.1. The van der Waals surface area contributed by atoms with Crippen molar-refractivity contribution in [3.05, 3.63) is 69.8 Å². The number of fused-ring (bicyclic) bond motifs is 1. The predicted octanol–water partition coefficient (Wildman–Crippen LogP) is 4.40. The molecule has 31 heavy (non-hydrogen) atoms. The molecule has 2 N–H and O–H groups in total. The Balaban J connectivity index is 1.48. The number of carbonyl (C=O) groups is 1. The Morgan fingerprint density at radius 1 is 1.23 bits per heavy atom. The first-order chi connectivity index (χ1) is 14.9. The maximum Gasteiger partial charge on any atom is 0.416 e. The molecule has 2 amide bonds. The fourth-order valence-corrected chi connectivity index (χ4v) is 3.70. The number of nitrogens with one attached hydrogen (secondary N) is 2. The van der Waals surface area contributed by atoms with Crippen LogP contribution in [-0.2, 0) is 19.1 Å². The summed E-state index contributed by atoms with van der Waals surface area (Å²) in [5.74, 6) is 0.365. The Hall–Kier alpha value is -3.47. The molecule has 11 heteroatoms. The van der Waals surface area contributed by atoms with Crippen molar-refractivity contribution in [3.8, 4) is 0 Å². The molecule has 0 saturated heterocycles. The Bertz CT molecular complexity index is 1100. The zero-order valence-corrected chi connectivity index (χ0v) is 16.9. The molecule has 4 rings (SSSR count).